The first-order chi connectivity index (χ1) is 13.7. The maximum atomic E-state index is 12.8. The maximum Gasteiger partial charge on any atom is 0.242 e. The van der Waals surface area contributed by atoms with Crippen LogP contribution >= 0.6 is 0 Å². The molecule has 1 aromatic carbocycles. The van der Waals surface area contributed by atoms with E-state index in [1.807, 2.05) is 46.0 Å². The second-order valence-corrected chi connectivity index (χ2v) is 7.95. The van der Waals surface area contributed by atoms with Crippen molar-refractivity contribution in [1.29, 1.82) is 0 Å². The summed E-state index contributed by atoms with van der Waals surface area (Å²) in [7, 11) is 0. The minimum Gasteiger partial charge on any atom is -0.353 e. The van der Waals surface area contributed by atoms with E-state index in [9.17, 15) is 9.59 Å². The standard InChI is InChI=1S/C22H28N4O2/c27-20(24-19-7-8-19)9-6-17-10-13-25(14-11-17)21(28)16-26-15-12-23-22(26)18-4-2-1-3-5-18/h1-5,12,15,17,19H,6-11,13-14,16H2,(H,24,27). The van der Waals surface area contributed by atoms with Crippen LogP contribution in [0.25, 0.3) is 11.4 Å². The lowest BCUT2D eigenvalue weighted by atomic mass is 9.92. The fourth-order valence-corrected chi connectivity index (χ4v) is 3.86. The van der Waals surface area contributed by atoms with Crippen LogP contribution in [-0.4, -0.2) is 45.4 Å². The molecule has 2 fully saturated rings. The van der Waals surface area contributed by atoms with Crippen molar-refractivity contribution < 1.29 is 9.59 Å². The number of hydrogen-bond donors (Lipinski definition) is 1. The number of hydrogen-bond acceptors (Lipinski definition) is 3. The molecule has 0 atom stereocenters. The highest BCUT2D eigenvalue weighted by Gasteiger charge is 2.26. The molecular weight excluding hydrogens is 352 g/mol. The van der Waals surface area contributed by atoms with E-state index in [4.69, 9.17) is 0 Å². The van der Waals surface area contributed by atoms with Crippen LogP contribution in [0.1, 0.15) is 38.5 Å². The quantitative estimate of drug-likeness (QED) is 0.803. The number of rotatable bonds is 7. The van der Waals surface area contributed by atoms with E-state index in [1.165, 1.54) is 0 Å². The SMILES string of the molecule is O=C(CCC1CCN(C(=O)Cn2ccnc2-c2ccccc2)CC1)NC1CC1. The van der Waals surface area contributed by atoms with Crippen molar-refractivity contribution in [2.75, 3.05) is 13.1 Å². The van der Waals surface area contributed by atoms with Gasteiger partial charge in [-0.05, 0) is 38.0 Å². The molecule has 1 saturated heterocycles. The van der Waals surface area contributed by atoms with Gasteiger partial charge in [-0.1, -0.05) is 30.3 Å². The zero-order chi connectivity index (χ0) is 19.3. The number of nitrogens with one attached hydrogen (secondary N) is 1. The Hall–Kier alpha value is -2.63. The summed E-state index contributed by atoms with van der Waals surface area (Å²) in [6.07, 6.45) is 9.39. The summed E-state index contributed by atoms with van der Waals surface area (Å²) in [5.74, 6) is 1.70. The molecule has 6 nitrogen and oxygen atoms in total. The number of likely N-dealkylation sites (tertiary alicyclic amines) is 1. The monoisotopic (exact) mass is 380 g/mol. The number of benzene rings is 1. The molecular formula is C22H28N4O2. The lowest BCUT2D eigenvalue weighted by Crippen LogP contribution is -2.40. The predicted molar refractivity (Wildman–Crippen MR) is 107 cm³/mol. The van der Waals surface area contributed by atoms with Crippen molar-refractivity contribution >= 4 is 11.8 Å². The Kier molecular flexibility index (Phi) is 5.74. The van der Waals surface area contributed by atoms with E-state index in [0.29, 0.717) is 24.9 Å². The fraction of sp³-hybridized carbons (Fsp3) is 0.500. The third kappa shape index (κ3) is 4.80. The number of carbonyl (C=O) groups is 2. The van der Waals surface area contributed by atoms with Crippen molar-refractivity contribution in [2.45, 2.75) is 51.1 Å². The van der Waals surface area contributed by atoms with Gasteiger partial charge in [-0.15, -0.1) is 0 Å². The van der Waals surface area contributed by atoms with Gasteiger partial charge < -0.3 is 14.8 Å². The summed E-state index contributed by atoms with van der Waals surface area (Å²) in [6, 6.07) is 10.4. The second-order valence-electron chi connectivity index (χ2n) is 7.95. The highest BCUT2D eigenvalue weighted by Crippen LogP contribution is 2.24. The summed E-state index contributed by atoms with van der Waals surface area (Å²) < 4.78 is 1.92. The van der Waals surface area contributed by atoms with Crippen LogP contribution in [0.5, 0.6) is 0 Å². The van der Waals surface area contributed by atoms with Gasteiger partial charge in [0, 0.05) is 43.5 Å². The molecule has 28 heavy (non-hydrogen) atoms. The number of carbonyl (C=O) groups excluding carboxylic acids is 2. The highest BCUT2D eigenvalue weighted by atomic mass is 16.2. The molecule has 2 aliphatic rings. The number of imidazole rings is 1. The predicted octanol–water partition coefficient (Wildman–Crippen LogP) is 2.85. The molecule has 0 spiro atoms. The molecule has 1 N–H and O–H groups in total. The van der Waals surface area contributed by atoms with E-state index in [0.717, 1.165) is 56.6 Å². The van der Waals surface area contributed by atoms with Gasteiger partial charge in [0.15, 0.2) is 0 Å². The Morgan fingerprint density at radius 2 is 1.82 bits per heavy atom. The van der Waals surface area contributed by atoms with Crippen LogP contribution in [0.3, 0.4) is 0 Å². The van der Waals surface area contributed by atoms with Crippen molar-refractivity contribution in [3.8, 4) is 11.4 Å². The van der Waals surface area contributed by atoms with Gasteiger partial charge in [-0.3, -0.25) is 9.59 Å². The largest absolute Gasteiger partial charge is 0.353 e. The van der Waals surface area contributed by atoms with Crippen LogP contribution < -0.4 is 5.32 Å². The van der Waals surface area contributed by atoms with Crippen LogP contribution in [-0.2, 0) is 16.1 Å². The Labute approximate surface area is 165 Å². The molecule has 6 heteroatoms. The van der Waals surface area contributed by atoms with Crippen LogP contribution in [0.2, 0.25) is 0 Å². The molecule has 0 radical (unpaired) electrons. The lowest BCUT2D eigenvalue weighted by Gasteiger charge is -2.32. The van der Waals surface area contributed by atoms with Gasteiger partial charge in [-0.2, -0.15) is 0 Å². The van der Waals surface area contributed by atoms with Gasteiger partial charge in [0.25, 0.3) is 0 Å². The Bertz CT molecular complexity index is 805. The molecule has 2 amide bonds. The van der Waals surface area contributed by atoms with Crippen LogP contribution in [0.4, 0.5) is 0 Å². The van der Waals surface area contributed by atoms with Gasteiger partial charge in [0.2, 0.25) is 11.8 Å². The molecule has 0 bridgehead atoms. The topological polar surface area (TPSA) is 67.2 Å². The summed E-state index contributed by atoms with van der Waals surface area (Å²) in [5.41, 5.74) is 1.02. The third-order valence-electron chi connectivity index (χ3n) is 5.74. The minimum absolute atomic E-state index is 0.139. The molecule has 1 aliphatic carbocycles. The van der Waals surface area contributed by atoms with Gasteiger partial charge >= 0.3 is 0 Å². The smallest absolute Gasteiger partial charge is 0.242 e. The normalized spacial score (nSPS) is 17.5. The average Bonchev–Trinajstić information content (AvgIpc) is 3.42. The Balaban J connectivity index is 1.24. The first kappa shape index (κ1) is 18.7. The van der Waals surface area contributed by atoms with E-state index in [1.54, 1.807) is 6.20 Å². The molecule has 4 rings (SSSR count). The highest BCUT2D eigenvalue weighted by molar-refractivity contribution is 5.77. The third-order valence-corrected chi connectivity index (χ3v) is 5.74. The van der Waals surface area contributed by atoms with E-state index in [2.05, 4.69) is 10.3 Å². The number of nitrogens with zero attached hydrogens (tertiary/aromatic N) is 3. The van der Waals surface area contributed by atoms with Crippen molar-refractivity contribution in [3.05, 3.63) is 42.7 Å². The average molecular weight is 380 g/mol. The van der Waals surface area contributed by atoms with Crippen molar-refractivity contribution in [1.82, 2.24) is 19.8 Å². The first-order valence-corrected chi connectivity index (χ1v) is 10.3. The van der Waals surface area contributed by atoms with Crippen LogP contribution in [0, 0.1) is 5.92 Å². The number of aromatic nitrogens is 2. The summed E-state index contributed by atoms with van der Waals surface area (Å²) >= 11 is 0. The van der Waals surface area contributed by atoms with Gasteiger partial charge in [-0.25, -0.2) is 4.98 Å². The first-order valence-electron chi connectivity index (χ1n) is 10.3. The fourth-order valence-electron chi connectivity index (χ4n) is 3.86. The number of piperidine rings is 1. The Morgan fingerprint density at radius 3 is 2.54 bits per heavy atom. The van der Waals surface area contributed by atoms with Gasteiger partial charge in [0.05, 0.1) is 0 Å². The van der Waals surface area contributed by atoms with Crippen molar-refractivity contribution in [2.24, 2.45) is 5.92 Å². The summed E-state index contributed by atoms with van der Waals surface area (Å²) in [5, 5.41) is 3.05. The van der Waals surface area contributed by atoms with Crippen LogP contribution in [0.15, 0.2) is 42.7 Å². The molecule has 1 aromatic heterocycles. The Morgan fingerprint density at radius 1 is 1.07 bits per heavy atom. The maximum absolute atomic E-state index is 12.8. The number of amides is 2. The van der Waals surface area contributed by atoms with E-state index < -0.39 is 0 Å². The summed E-state index contributed by atoms with van der Waals surface area (Å²) in [6.45, 7) is 1.88. The van der Waals surface area contributed by atoms with Crippen molar-refractivity contribution in [3.63, 3.8) is 0 Å². The molecule has 148 valence electrons. The molecule has 0 unspecified atom stereocenters. The lowest BCUT2D eigenvalue weighted by molar-refractivity contribution is -0.133. The molecule has 2 heterocycles. The van der Waals surface area contributed by atoms with E-state index >= 15 is 0 Å². The summed E-state index contributed by atoms with van der Waals surface area (Å²) in [4.78, 5) is 31.0. The molecule has 1 saturated carbocycles. The molecule has 1 aliphatic heterocycles. The van der Waals surface area contributed by atoms with E-state index in [-0.39, 0.29) is 11.8 Å². The molecule has 2 aromatic rings. The minimum atomic E-state index is 0.139. The van der Waals surface area contributed by atoms with Gasteiger partial charge in [0.1, 0.15) is 12.4 Å². The second kappa shape index (κ2) is 8.59. The zero-order valence-electron chi connectivity index (χ0n) is 16.2. The zero-order valence-corrected chi connectivity index (χ0v) is 16.2.